The van der Waals surface area contributed by atoms with Gasteiger partial charge < -0.3 is 15.0 Å². The number of benzene rings is 1. The van der Waals surface area contributed by atoms with Gasteiger partial charge in [0.2, 0.25) is 10.0 Å². The molecule has 1 aromatic rings. The Bertz CT molecular complexity index is 763. The molecule has 1 saturated heterocycles. The normalized spacial score (nSPS) is 27.7. The van der Waals surface area contributed by atoms with E-state index in [1.165, 1.54) is 5.56 Å². The van der Waals surface area contributed by atoms with Crippen LogP contribution in [-0.4, -0.2) is 63.5 Å². The number of nitrogens with one attached hydrogen (secondary N) is 2. The number of hydrogen-bond acceptors (Lipinski definition) is 4. The number of carbonyl (C=O) groups is 1. The van der Waals surface area contributed by atoms with E-state index in [2.05, 4.69) is 34.3 Å². The van der Waals surface area contributed by atoms with Crippen molar-refractivity contribution in [2.45, 2.75) is 63.1 Å². The predicted octanol–water partition coefficient (Wildman–Crippen LogP) is 2.45. The van der Waals surface area contributed by atoms with Gasteiger partial charge >= 0.3 is 6.03 Å². The van der Waals surface area contributed by atoms with Gasteiger partial charge in [-0.05, 0) is 50.5 Å². The zero-order valence-electron chi connectivity index (χ0n) is 17.3. The predicted molar refractivity (Wildman–Crippen MR) is 113 cm³/mol. The molecule has 1 heterocycles. The SMILES string of the molecule is CCNC(=O)N1CC[C@H](NS(C)(=O)=O)C1COC1CCC(c2ccccc2)CC1. The van der Waals surface area contributed by atoms with Crippen molar-refractivity contribution in [2.24, 2.45) is 0 Å². The summed E-state index contributed by atoms with van der Waals surface area (Å²) in [6.07, 6.45) is 6.05. The van der Waals surface area contributed by atoms with E-state index < -0.39 is 10.0 Å². The molecule has 0 spiro atoms. The third kappa shape index (κ3) is 6.17. The van der Waals surface area contributed by atoms with Crippen LogP contribution in [0.1, 0.15) is 50.5 Å². The van der Waals surface area contributed by atoms with Gasteiger partial charge in [0.15, 0.2) is 0 Å². The van der Waals surface area contributed by atoms with Crippen molar-refractivity contribution in [1.29, 1.82) is 0 Å². The monoisotopic (exact) mass is 423 g/mol. The van der Waals surface area contributed by atoms with E-state index in [-0.39, 0.29) is 24.2 Å². The minimum absolute atomic E-state index is 0.158. The fraction of sp³-hybridized carbons (Fsp3) is 0.667. The Morgan fingerprint density at radius 3 is 2.45 bits per heavy atom. The first kappa shape index (κ1) is 22.1. The number of urea groups is 1. The maximum Gasteiger partial charge on any atom is 0.317 e. The standard InChI is InChI=1S/C21H33N3O4S/c1-3-22-21(25)24-14-13-19(23-29(2,26)27)20(24)15-28-18-11-9-17(10-12-18)16-7-5-4-6-8-16/h4-8,17-20,23H,3,9-15H2,1-2H3,(H,22,25)/t17?,18?,19-,20?/m0/s1. The summed E-state index contributed by atoms with van der Waals surface area (Å²) < 4.78 is 32.4. The highest BCUT2D eigenvalue weighted by Gasteiger charge is 2.39. The van der Waals surface area contributed by atoms with Gasteiger partial charge in [0.25, 0.3) is 0 Å². The molecule has 3 rings (SSSR count). The molecule has 162 valence electrons. The minimum atomic E-state index is -3.35. The lowest BCUT2D eigenvalue weighted by Gasteiger charge is -2.33. The number of sulfonamides is 1. The molecule has 2 aliphatic rings. The van der Waals surface area contributed by atoms with Crippen LogP contribution in [0.5, 0.6) is 0 Å². The lowest BCUT2D eigenvalue weighted by atomic mass is 9.83. The first-order valence-corrected chi connectivity index (χ1v) is 12.4. The zero-order chi connectivity index (χ0) is 20.9. The van der Waals surface area contributed by atoms with Gasteiger partial charge in [-0.2, -0.15) is 0 Å². The molecule has 2 N–H and O–H groups in total. The van der Waals surface area contributed by atoms with E-state index in [9.17, 15) is 13.2 Å². The van der Waals surface area contributed by atoms with Crippen molar-refractivity contribution in [1.82, 2.24) is 14.9 Å². The van der Waals surface area contributed by atoms with Crippen LogP contribution in [0.25, 0.3) is 0 Å². The summed E-state index contributed by atoms with van der Waals surface area (Å²) in [6, 6.07) is 9.84. The van der Waals surface area contributed by atoms with Crippen molar-refractivity contribution in [3.8, 4) is 0 Å². The second-order valence-electron chi connectivity index (χ2n) is 8.10. The average molecular weight is 424 g/mol. The number of hydrogen-bond donors (Lipinski definition) is 2. The molecular formula is C21H33N3O4S. The van der Waals surface area contributed by atoms with Crippen molar-refractivity contribution in [2.75, 3.05) is 26.0 Å². The molecule has 0 radical (unpaired) electrons. The smallest absolute Gasteiger partial charge is 0.317 e. The second-order valence-corrected chi connectivity index (χ2v) is 9.88. The van der Waals surface area contributed by atoms with Crippen LogP contribution in [0.4, 0.5) is 4.79 Å². The van der Waals surface area contributed by atoms with Crippen LogP contribution in [0, 0.1) is 0 Å². The van der Waals surface area contributed by atoms with Crippen LogP contribution in [0.3, 0.4) is 0 Å². The fourth-order valence-corrected chi connectivity index (χ4v) is 5.32. The van der Waals surface area contributed by atoms with E-state index in [4.69, 9.17) is 4.74 Å². The third-order valence-corrected chi connectivity index (χ3v) is 6.68. The molecular weight excluding hydrogens is 390 g/mol. The maximum atomic E-state index is 12.4. The quantitative estimate of drug-likeness (QED) is 0.705. The summed E-state index contributed by atoms with van der Waals surface area (Å²) in [5, 5.41) is 2.82. The Kier molecular flexibility index (Phi) is 7.54. The minimum Gasteiger partial charge on any atom is -0.376 e. The molecule has 0 aromatic heterocycles. The lowest BCUT2D eigenvalue weighted by molar-refractivity contribution is -0.000622. The van der Waals surface area contributed by atoms with Gasteiger partial charge in [-0.1, -0.05) is 30.3 Å². The Morgan fingerprint density at radius 1 is 1.14 bits per heavy atom. The molecule has 2 fully saturated rings. The van der Waals surface area contributed by atoms with Crippen LogP contribution >= 0.6 is 0 Å². The van der Waals surface area contributed by atoms with E-state index in [1.54, 1.807) is 4.90 Å². The number of amides is 2. The molecule has 7 nitrogen and oxygen atoms in total. The van der Waals surface area contributed by atoms with Gasteiger partial charge in [0.1, 0.15) is 0 Å². The first-order valence-electron chi connectivity index (χ1n) is 10.6. The number of rotatable bonds is 7. The number of carbonyl (C=O) groups excluding carboxylic acids is 1. The van der Waals surface area contributed by atoms with Crippen molar-refractivity contribution in [3.63, 3.8) is 0 Å². The summed E-state index contributed by atoms with van der Waals surface area (Å²) in [4.78, 5) is 14.1. The Labute approximate surface area is 174 Å². The molecule has 29 heavy (non-hydrogen) atoms. The molecule has 1 aromatic carbocycles. The Morgan fingerprint density at radius 2 is 1.83 bits per heavy atom. The van der Waals surface area contributed by atoms with Crippen molar-refractivity contribution < 1.29 is 17.9 Å². The maximum absolute atomic E-state index is 12.4. The highest BCUT2D eigenvalue weighted by molar-refractivity contribution is 7.88. The lowest BCUT2D eigenvalue weighted by Crippen LogP contribution is -2.51. The van der Waals surface area contributed by atoms with Crippen LogP contribution in [-0.2, 0) is 14.8 Å². The summed E-state index contributed by atoms with van der Waals surface area (Å²) in [5.74, 6) is 0.578. The van der Waals surface area contributed by atoms with Crippen molar-refractivity contribution in [3.05, 3.63) is 35.9 Å². The highest BCUT2D eigenvalue weighted by atomic mass is 32.2. The van der Waals surface area contributed by atoms with Crippen LogP contribution in [0.2, 0.25) is 0 Å². The topological polar surface area (TPSA) is 87.7 Å². The number of nitrogens with zero attached hydrogens (tertiary/aromatic N) is 1. The molecule has 1 saturated carbocycles. The molecule has 2 atom stereocenters. The van der Waals surface area contributed by atoms with E-state index >= 15 is 0 Å². The summed E-state index contributed by atoms with van der Waals surface area (Å²) >= 11 is 0. The molecule has 2 amide bonds. The number of likely N-dealkylation sites (tertiary alicyclic amines) is 1. The summed E-state index contributed by atoms with van der Waals surface area (Å²) in [7, 11) is -3.35. The first-order chi connectivity index (χ1) is 13.9. The van der Waals surface area contributed by atoms with E-state index in [0.717, 1.165) is 31.9 Å². The van der Waals surface area contributed by atoms with Gasteiger partial charge in [-0.25, -0.2) is 17.9 Å². The largest absolute Gasteiger partial charge is 0.376 e. The molecule has 1 aliphatic heterocycles. The average Bonchev–Trinajstić information content (AvgIpc) is 3.08. The second kappa shape index (κ2) is 9.91. The van der Waals surface area contributed by atoms with Gasteiger partial charge in [-0.15, -0.1) is 0 Å². The molecule has 8 heteroatoms. The molecule has 1 unspecified atom stereocenters. The zero-order valence-corrected chi connectivity index (χ0v) is 18.2. The van der Waals surface area contributed by atoms with Gasteiger partial charge in [0, 0.05) is 19.1 Å². The Hall–Kier alpha value is -1.64. The summed E-state index contributed by atoms with van der Waals surface area (Å²) in [5.41, 5.74) is 1.39. The van der Waals surface area contributed by atoms with Gasteiger partial charge in [-0.3, -0.25) is 0 Å². The van der Waals surface area contributed by atoms with Crippen LogP contribution < -0.4 is 10.0 Å². The van der Waals surface area contributed by atoms with Gasteiger partial charge in [0.05, 0.1) is 25.0 Å². The summed E-state index contributed by atoms with van der Waals surface area (Å²) in [6.45, 7) is 3.28. The highest BCUT2D eigenvalue weighted by Crippen LogP contribution is 2.34. The van der Waals surface area contributed by atoms with E-state index in [1.807, 2.05) is 13.0 Å². The molecule has 0 bridgehead atoms. The Balaban J connectivity index is 1.56. The van der Waals surface area contributed by atoms with Crippen molar-refractivity contribution >= 4 is 16.1 Å². The molecule has 1 aliphatic carbocycles. The third-order valence-electron chi connectivity index (χ3n) is 5.95. The van der Waals surface area contributed by atoms with E-state index in [0.29, 0.717) is 32.0 Å². The number of ether oxygens (including phenoxy) is 1. The fourth-order valence-electron chi connectivity index (χ4n) is 4.50. The van der Waals surface area contributed by atoms with Crippen LogP contribution in [0.15, 0.2) is 30.3 Å².